The van der Waals surface area contributed by atoms with Gasteiger partial charge in [-0.2, -0.15) is 19.6 Å². The monoisotopic (exact) mass is 356 g/mol. The molecule has 10 heteroatoms. The Hall–Kier alpha value is -2.39. The maximum absolute atomic E-state index is 14.3. The molecule has 0 unspecified atom stereocenters. The average molecular weight is 357 g/mol. The largest absolute Gasteiger partial charge is 0.294 e. The van der Waals surface area contributed by atoms with E-state index in [2.05, 4.69) is 15.1 Å². The molecule has 2 heterocycles. The van der Waals surface area contributed by atoms with Crippen LogP contribution < -0.4 is 10.9 Å². The molecule has 0 radical (unpaired) electrons. The van der Waals surface area contributed by atoms with E-state index in [1.807, 2.05) is 6.92 Å². The summed E-state index contributed by atoms with van der Waals surface area (Å²) in [6.45, 7) is 2.23. The van der Waals surface area contributed by atoms with Gasteiger partial charge in [-0.3, -0.25) is 5.01 Å². The number of hydrazine groups is 1. The second kappa shape index (κ2) is 6.25. The van der Waals surface area contributed by atoms with Crippen LogP contribution in [0.2, 0.25) is 5.15 Å². The van der Waals surface area contributed by atoms with Crippen molar-refractivity contribution in [2.75, 3.05) is 11.6 Å². The highest BCUT2D eigenvalue weighted by Gasteiger charge is 2.26. The first-order valence-corrected chi connectivity index (χ1v) is 7.38. The Labute approximate surface area is 139 Å². The first-order chi connectivity index (χ1) is 11.4. The third kappa shape index (κ3) is 2.65. The van der Waals surface area contributed by atoms with Gasteiger partial charge in [-0.15, -0.1) is 0 Å². The van der Waals surface area contributed by atoms with Crippen molar-refractivity contribution in [3.05, 3.63) is 41.1 Å². The SMILES string of the molecule is CCCN(N)c1c(-c2c(F)cc(F)cc2F)c(Cl)nc2ncnn12. The molecule has 3 aromatic rings. The van der Waals surface area contributed by atoms with Crippen molar-refractivity contribution in [3.8, 4) is 11.1 Å². The normalized spacial score (nSPS) is 11.2. The Balaban J connectivity index is 2.39. The van der Waals surface area contributed by atoms with E-state index in [1.165, 1.54) is 15.9 Å². The van der Waals surface area contributed by atoms with E-state index in [4.69, 9.17) is 17.4 Å². The minimum absolute atomic E-state index is 0.105. The molecule has 0 saturated heterocycles. The third-order valence-corrected chi connectivity index (χ3v) is 3.63. The minimum Gasteiger partial charge on any atom is -0.294 e. The minimum atomic E-state index is -1.12. The number of nitrogens with two attached hydrogens (primary N) is 1. The first-order valence-electron chi connectivity index (χ1n) is 7.00. The van der Waals surface area contributed by atoms with E-state index >= 15 is 0 Å². The van der Waals surface area contributed by atoms with Crippen LogP contribution in [0.15, 0.2) is 18.5 Å². The van der Waals surface area contributed by atoms with Gasteiger partial charge in [0.1, 0.15) is 28.9 Å². The molecule has 0 amide bonds. The third-order valence-electron chi connectivity index (χ3n) is 3.35. The molecule has 0 aliphatic carbocycles. The molecule has 126 valence electrons. The molecule has 0 fully saturated rings. The highest BCUT2D eigenvalue weighted by atomic mass is 35.5. The Bertz CT molecular complexity index is 890. The molecule has 0 bridgehead atoms. The smallest absolute Gasteiger partial charge is 0.255 e. The molecule has 24 heavy (non-hydrogen) atoms. The quantitative estimate of drug-likeness (QED) is 0.442. The van der Waals surface area contributed by atoms with E-state index in [-0.39, 0.29) is 22.3 Å². The van der Waals surface area contributed by atoms with E-state index in [9.17, 15) is 13.2 Å². The fourth-order valence-corrected chi connectivity index (χ4v) is 2.67. The van der Waals surface area contributed by atoms with Crippen LogP contribution in [0.4, 0.5) is 19.0 Å². The molecular weight excluding hydrogens is 345 g/mol. The molecule has 0 aliphatic heterocycles. The molecule has 2 aromatic heterocycles. The topological polar surface area (TPSA) is 72.3 Å². The molecule has 0 atom stereocenters. The lowest BCUT2D eigenvalue weighted by Crippen LogP contribution is -2.34. The van der Waals surface area contributed by atoms with Crippen molar-refractivity contribution in [1.29, 1.82) is 0 Å². The number of benzene rings is 1. The second-order valence-electron chi connectivity index (χ2n) is 5.01. The standard InChI is InChI=1S/C14H12ClF3N6/c1-2-3-23(19)13-11(10-8(17)4-7(16)5-9(10)18)12(15)22-14-20-6-21-24(13)14/h4-6H,2-3,19H2,1H3. The van der Waals surface area contributed by atoms with Gasteiger partial charge in [-0.1, -0.05) is 18.5 Å². The first kappa shape index (κ1) is 16.5. The van der Waals surface area contributed by atoms with Crippen LogP contribution in [0, 0.1) is 17.5 Å². The number of hydrogen-bond acceptors (Lipinski definition) is 5. The van der Waals surface area contributed by atoms with Gasteiger partial charge in [0, 0.05) is 18.7 Å². The highest BCUT2D eigenvalue weighted by Crippen LogP contribution is 2.38. The number of aromatic nitrogens is 4. The maximum atomic E-state index is 14.3. The average Bonchev–Trinajstić information content (AvgIpc) is 2.94. The zero-order chi connectivity index (χ0) is 17.4. The van der Waals surface area contributed by atoms with Crippen LogP contribution in [0.1, 0.15) is 13.3 Å². The predicted molar refractivity (Wildman–Crippen MR) is 82.9 cm³/mol. The van der Waals surface area contributed by atoms with Gasteiger partial charge in [0.15, 0.2) is 5.82 Å². The van der Waals surface area contributed by atoms with Crippen molar-refractivity contribution < 1.29 is 13.2 Å². The lowest BCUT2D eigenvalue weighted by atomic mass is 10.1. The number of halogens is 4. The van der Waals surface area contributed by atoms with Gasteiger partial charge in [-0.05, 0) is 6.42 Å². The fraction of sp³-hybridized carbons (Fsp3) is 0.214. The number of anilines is 1. The summed E-state index contributed by atoms with van der Waals surface area (Å²) in [7, 11) is 0. The Morgan fingerprint density at radius 3 is 2.50 bits per heavy atom. The molecule has 2 N–H and O–H groups in total. The van der Waals surface area contributed by atoms with E-state index in [0.29, 0.717) is 25.1 Å². The summed E-state index contributed by atoms with van der Waals surface area (Å²) in [5.74, 6) is 2.94. The summed E-state index contributed by atoms with van der Waals surface area (Å²) in [6, 6.07) is 1.12. The summed E-state index contributed by atoms with van der Waals surface area (Å²) in [4.78, 5) is 7.87. The van der Waals surface area contributed by atoms with Crippen LogP contribution in [-0.4, -0.2) is 26.1 Å². The van der Waals surface area contributed by atoms with Crippen molar-refractivity contribution in [2.24, 2.45) is 5.84 Å². The number of hydrogen-bond donors (Lipinski definition) is 1. The van der Waals surface area contributed by atoms with Crippen LogP contribution in [0.25, 0.3) is 16.9 Å². The molecule has 6 nitrogen and oxygen atoms in total. The summed E-state index contributed by atoms with van der Waals surface area (Å²) < 4.78 is 43.0. The zero-order valence-electron chi connectivity index (χ0n) is 12.5. The maximum Gasteiger partial charge on any atom is 0.255 e. The van der Waals surface area contributed by atoms with Crippen LogP contribution in [0.5, 0.6) is 0 Å². The number of fused-ring (bicyclic) bond motifs is 1. The lowest BCUT2D eigenvalue weighted by molar-refractivity contribution is 0.547. The van der Waals surface area contributed by atoms with Crippen molar-refractivity contribution >= 4 is 23.2 Å². The zero-order valence-corrected chi connectivity index (χ0v) is 13.2. The van der Waals surface area contributed by atoms with Crippen molar-refractivity contribution in [1.82, 2.24) is 19.6 Å². The van der Waals surface area contributed by atoms with E-state index in [0.717, 1.165) is 0 Å². The van der Waals surface area contributed by atoms with Crippen LogP contribution >= 0.6 is 11.6 Å². The summed E-state index contributed by atoms with van der Waals surface area (Å²) >= 11 is 6.13. The van der Waals surface area contributed by atoms with Gasteiger partial charge in [0.2, 0.25) is 0 Å². The molecular formula is C14H12ClF3N6. The van der Waals surface area contributed by atoms with Gasteiger partial charge < -0.3 is 0 Å². The van der Waals surface area contributed by atoms with Crippen molar-refractivity contribution in [3.63, 3.8) is 0 Å². The van der Waals surface area contributed by atoms with E-state index < -0.39 is 23.0 Å². The number of rotatable bonds is 4. The number of nitrogens with zero attached hydrogens (tertiary/aromatic N) is 5. The summed E-state index contributed by atoms with van der Waals surface area (Å²) in [5, 5.41) is 4.99. The molecule has 0 saturated carbocycles. The van der Waals surface area contributed by atoms with Crippen LogP contribution in [0.3, 0.4) is 0 Å². The predicted octanol–water partition coefficient (Wildman–Crippen LogP) is 2.95. The Kier molecular flexibility index (Phi) is 4.29. The van der Waals surface area contributed by atoms with Gasteiger partial charge >= 0.3 is 0 Å². The second-order valence-corrected chi connectivity index (χ2v) is 5.37. The molecule has 1 aromatic carbocycles. The van der Waals surface area contributed by atoms with Gasteiger partial charge in [0.05, 0.1) is 11.1 Å². The van der Waals surface area contributed by atoms with Gasteiger partial charge in [-0.25, -0.2) is 19.0 Å². The Morgan fingerprint density at radius 2 is 1.88 bits per heavy atom. The Morgan fingerprint density at radius 1 is 1.21 bits per heavy atom. The molecule has 0 aliphatic rings. The fourth-order valence-electron chi connectivity index (χ4n) is 2.41. The summed E-state index contributed by atoms with van der Waals surface area (Å²) in [5.41, 5.74) is -0.659. The summed E-state index contributed by atoms with van der Waals surface area (Å²) in [6.07, 6.45) is 1.86. The van der Waals surface area contributed by atoms with Crippen LogP contribution in [-0.2, 0) is 0 Å². The molecule has 3 rings (SSSR count). The van der Waals surface area contributed by atoms with Gasteiger partial charge in [0.25, 0.3) is 5.78 Å². The lowest BCUT2D eigenvalue weighted by Gasteiger charge is -2.22. The molecule has 0 spiro atoms. The van der Waals surface area contributed by atoms with E-state index in [1.54, 1.807) is 0 Å². The highest BCUT2D eigenvalue weighted by molar-refractivity contribution is 6.33. The van der Waals surface area contributed by atoms with Crippen molar-refractivity contribution in [2.45, 2.75) is 13.3 Å².